The molecule has 0 radical (unpaired) electrons. The summed E-state index contributed by atoms with van der Waals surface area (Å²) in [5.74, 6) is -0.809. The van der Waals surface area contributed by atoms with Gasteiger partial charge in [0.1, 0.15) is 6.61 Å². The van der Waals surface area contributed by atoms with Gasteiger partial charge in [-0.05, 0) is 84.7 Å². The lowest BCUT2D eigenvalue weighted by atomic mass is 10.1. The number of likely N-dealkylation sites (N-methyl/N-ethyl adjacent to an activating group) is 1. The third kappa shape index (κ3) is 43.6. The van der Waals surface area contributed by atoms with Crippen molar-refractivity contribution in [2.45, 2.75) is 213 Å². The van der Waals surface area contributed by atoms with Gasteiger partial charge in [0.05, 0.1) is 13.2 Å². The second-order valence-corrected chi connectivity index (χ2v) is 17.4. The smallest absolute Gasteiger partial charge is 0.462 e. The quantitative estimate of drug-likeness (QED) is 0.0278. The van der Waals surface area contributed by atoms with Gasteiger partial charge in [-0.3, -0.25) is 18.6 Å². The molecule has 0 aliphatic rings. The highest BCUT2D eigenvalue weighted by atomic mass is 31.2. The van der Waals surface area contributed by atoms with E-state index in [1.54, 1.807) is 0 Å². The number of phosphoric acid groups is 1. The summed E-state index contributed by atoms with van der Waals surface area (Å²) < 4.78 is 33.5. The summed E-state index contributed by atoms with van der Waals surface area (Å²) in [6.07, 6.45) is 46.1. The van der Waals surface area contributed by atoms with Crippen LogP contribution < -0.4 is 0 Å². The minimum Gasteiger partial charge on any atom is -0.462 e. The molecule has 0 spiro atoms. The Morgan fingerprint density at radius 2 is 0.947 bits per heavy atom. The number of nitrogens with zero attached hydrogens (tertiary/aromatic N) is 1. The van der Waals surface area contributed by atoms with Crippen LogP contribution in [0, 0.1) is 0 Å². The highest BCUT2D eigenvalue weighted by Gasteiger charge is 2.26. The van der Waals surface area contributed by atoms with Gasteiger partial charge in [-0.2, -0.15) is 0 Å². The van der Waals surface area contributed by atoms with E-state index in [9.17, 15) is 19.0 Å². The van der Waals surface area contributed by atoms with E-state index in [4.69, 9.17) is 18.5 Å². The molecule has 0 rings (SSSR count). The number of phosphoric ester groups is 1. The van der Waals surface area contributed by atoms with Crippen LogP contribution in [0.4, 0.5) is 0 Å². The van der Waals surface area contributed by atoms with Crippen LogP contribution in [0.3, 0.4) is 0 Å². The minimum atomic E-state index is -4.36. The molecule has 2 atom stereocenters. The van der Waals surface area contributed by atoms with Crippen LogP contribution in [-0.4, -0.2) is 68.3 Å². The van der Waals surface area contributed by atoms with Gasteiger partial charge in [-0.25, -0.2) is 4.57 Å². The van der Waals surface area contributed by atoms with E-state index < -0.39 is 26.5 Å². The normalized spacial score (nSPS) is 13.6. The van der Waals surface area contributed by atoms with Crippen molar-refractivity contribution < 1.29 is 37.6 Å². The Morgan fingerprint density at radius 3 is 1.44 bits per heavy atom. The van der Waals surface area contributed by atoms with Crippen molar-refractivity contribution >= 4 is 19.8 Å². The highest BCUT2D eigenvalue weighted by Crippen LogP contribution is 2.43. The maximum atomic E-state index is 12.7. The summed E-state index contributed by atoms with van der Waals surface area (Å²) in [4.78, 5) is 37.1. The third-order valence-electron chi connectivity index (χ3n) is 9.92. The number of allylic oxidation sites excluding steroid dienone is 6. The molecule has 0 aromatic carbocycles. The fourth-order valence-electron chi connectivity index (χ4n) is 6.30. The molecular weight excluding hydrogens is 737 g/mol. The molecule has 2 unspecified atom stereocenters. The average molecular weight is 826 g/mol. The van der Waals surface area contributed by atoms with Crippen LogP contribution in [0.25, 0.3) is 0 Å². The van der Waals surface area contributed by atoms with Gasteiger partial charge < -0.3 is 19.3 Å². The van der Waals surface area contributed by atoms with Gasteiger partial charge in [0.25, 0.3) is 0 Å². The monoisotopic (exact) mass is 826 g/mol. The molecule has 0 saturated carbocycles. The number of ether oxygens (including phenoxy) is 2. The van der Waals surface area contributed by atoms with Gasteiger partial charge >= 0.3 is 19.8 Å². The zero-order chi connectivity index (χ0) is 41.9. The Morgan fingerprint density at radius 1 is 0.544 bits per heavy atom. The van der Waals surface area contributed by atoms with Crippen molar-refractivity contribution in [2.24, 2.45) is 0 Å². The number of carbonyl (C=O) groups excluding carboxylic acids is 2. The van der Waals surface area contributed by atoms with Crippen molar-refractivity contribution in [2.75, 3.05) is 40.5 Å². The first-order valence-electron chi connectivity index (χ1n) is 23.3. The van der Waals surface area contributed by atoms with Crippen molar-refractivity contribution in [3.8, 4) is 0 Å². The van der Waals surface area contributed by atoms with Gasteiger partial charge in [0.2, 0.25) is 0 Å². The average Bonchev–Trinajstić information content (AvgIpc) is 3.18. The molecule has 0 saturated heterocycles. The third-order valence-corrected chi connectivity index (χ3v) is 10.9. The summed E-state index contributed by atoms with van der Waals surface area (Å²) in [6, 6.07) is 0. The van der Waals surface area contributed by atoms with Gasteiger partial charge in [0.15, 0.2) is 6.10 Å². The molecule has 0 heterocycles. The molecule has 0 aliphatic carbocycles. The first-order chi connectivity index (χ1) is 27.7. The topological polar surface area (TPSA) is 112 Å². The van der Waals surface area contributed by atoms with Crippen molar-refractivity contribution in [3.63, 3.8) is 0 Å². The van der Waals surface area contributed by atoms with Crippen molar-refractivity contribution in [1.29, 1.82) is 0 Å². The molecule has 0 aliphatic heterocycles. The molecule has 0 fully saturated rings. The second-order valence-electron chi connectivity index (χ2n) is 15.9. The largest absolute Gasteiger partial charge is 0.472 e. The van der Waals surface area contributed by atoms with Crippen LogP contribution >= 0.6 is 7.82 Å². The Labute approximate surface area is 350 Å². The van der Waals surface area contributed by atoms with Gasteiger partial charge in [-0.1, -0.05) is 159 Å². The SMILES string of the molecule is CCCCC/C=C\C/C=C\CCCCCCCCCCCC(=O)OCC(COP(=O)(O)OCCN(C)C)OC(=O)CCCCCCCCC/C=C\CCCCCC. The van der Waals surface area contributed by atoms with E-state index in [1.165, 1.54) is 122 Å². The Balaban J connectivity index is 4.24. The van der Waals surface area contributed by atoms with Crippen LogP contribution in [0.15, 0.2) is 36.5 Å². The van der Waals surface area contributed by atoms with E-state index >= 15 is 0 Å². The maximum absolute atomic E-state index is 12.7. The maximum Gasteiger partial charge on any atom is 0.472 e. The Kier molecular flexibility index (Phi) is 41.0. The van der Waals surface area contributed by atoms with Crippen LogP contribution in [0.1, 0.15) is 206 Å². The van der Waals surface area contributed by atoms with E-state index in [1.807, 2.05) is 19.0 Å². The summed E-state index contributed by atoms with van der Waals surface area (Å²) >= 11 is 0. The Bertz CT molecular complexity index is 1050. The van der Waals surface area contributed by atoms with Crippen LogP contribution in [0.5, 0.6) is 0 Å². The number of rotatable bonds is 43. The molecule has 0 aromatic heterocycles. The molecule has 57 heavy (non-hydrogen) atoms. The zero-order valence-electron chi connectivity index (χ0n) is 37.3. The van der Waals surface area contributed by atoms with E-state index in [-0.39, 0.29) is 32.0 Å². The highest BCUT2D eigenvalue weighted by molar-refractivity contribution is 7.47. The van der Waals surface area contributed by atoms with Crippen molar-refractivity contribution in [3.05, 3.63) is 36.5 Å². The first-order valence-corrected chi connectivity index (χ1v) is 24.8. The molecule has 9 nitrogen and oxygen atoms in total. The Hall–Kier alpha value is -1.77. The first kappa shape index (κ1) is 55.2. The van der Waals surface area contributed by atoms with Crippen LogP contribution in [0.2, 0.25) is 0 Å². The van der Waals surface area contributed by atoms with E-state index in [0.717, 1.165) is 51.4 Å². The number of unbranched alkanes of at least 4 members (excludes halogenated alkanes) is 23. The second kappa shape index (κ2) is 42.4. The lowest BCUT2D eigenvalue weighted by Crippen LogP contribution is -2.29. The molecule has 0 amide bonds. The summed E-state index contributed by atoms with van der Waals surface area (Å²) in [6.45, 7) is 4.29. The molecular formula is C47H88NO8P. The standard InChI is InChI=1S/C47H88NO8P/c1-5-7-9-11-13-15-17-19-21-22-23-24-26-27-29-31-33-35-37-39-46(49)53-43-45(44-55-57(51,52)54-42-41-48(3)4)56-47(50)40-38-36-34-32-30-28-25-20-18-16-14-12-10-8-6-2/h13,15-16,18-19,21,45H,5-12,14,17,20,22-44H2,1-4H3,(H,51,52)/b15-13-,18-16-,21-19-. The van der Waals surface area contributed by atoms with Crippen LogP contribution in [-0.2, 0) is 32.7 Å². The summed E-state index contributed by atoms with van der Waals surface area (Å²) in [7, 11) is -0.714. The molecule has 10 heteroatoms. The predicted octanol–water partition coefficient (Wildman–Crippen LogP) is 13.5. The fraction of sp³-hybridized carbons (Fsp3) is 0.830. The summed E-state index contributed by atoms with van der Waals surface area (Å²) in [5.41, 5.74) is 0. The van der Waals surface area contributed by atoms with Gasteiger partial charge in [0, 0.05) is 19.4 Å². The van der Waals surface area contributed by atoms with Crippen molar-refractivity contribution in [1.82, 2.24) is 4.90 Å². The fourth-order valence-corrected chi connectivity index (χ4v) is 7.04. The number of esters is 2. The van der Waals surface area contributed by atoms with E-state index in [2.05, 4.69) is 50.3 Å². The minimum absolute atomic E-state index is 0.00599. The predicted molar refractivity (Wildman–Crippen MR) is 238 cm³/mol. The lowest BCUT2D eigenvalue weighted by molar-refractivity contribution is -0.161. The van der Waals surface area contributed by atoms with Gasteiger partial charge in [-0.15, -0.1) is 0 Å². The summed E-state index contributed by atoms with van der Waals surface area (Å²) in [5, 5.41) is 0. The lowest BCUT2D eigenvalue weighted by Gasteiger charge is -2.20. The zero-order valence-corrected chi connectivity index (χ0v) is 38.2. The number of carbonyl (C=O) groups is 2. The molecule has 1 N–H and O–H groups in total. The molecule has 0 bridgehead atoms. The van der Waals surface area contributed by atoms with E-state index in [0.29, 0.717) is 13.0 Å². The number of hydrogen-bond acceptors (Lipinski definition) is 8. The molecule has 334 valence electrons. The molecule has 0 aromatic rings. The number of hydrogen-bond donors (Lipinski definition) is 1.